The highest BCUT2D eigenvalue weighted by molar-refractivity contribution is 5.73. The Morgan fingerprint density at radius 1 is 1.17 bits per heavy atom. The maximum Gasteiger partial charge on any atom is 0.241 e. The molecule has 6 heteroatoms. The van der Waals surface area contributed by atoms with Gasteiger partial charge in [-0.1, -0.05) is 18.2 Å². The van der Waals surface area contributed by atoms with E-state index in [4.69, 9.17) is 9.47 Å². The Morgan fingerprint density at radius 2 is 1.92 bits per heavy atom. The normalized spacial score (nSPS) is 12.7. The molecule has 0 saturated heterocycles. The smallest absolute Gasteiger partial charge is 0.241 e. The molecule has 6 nitrogen and oxygen atoms in total. The molecule has 0 aliphatic carbocycles. The zero-order valence-electron chi connectivity index (χ0n) is 14.6. The van der Waals surface area contributed by atoms with Crippen molar-refractivity contribution >= 4 is 0 Å². The van der Waals surface area contributed by atoms with Crippen molar-refractivity contribution in [1.82, 2.24) is 15.5 Å². The molecule has 130 valence electrons. The van der Waals surface area contributed by atoms with Crippen molar-refractivity contribution in [2.45, 2.75) is 32.4 Å². The van der Waals surface area contributed by atoms with Crippen molar-refractivity contribution in [2.24, 2.45) is 0 Å². The predicted molar refractivity (Wildman–Crippen MR) is 93.3 cm³/mol. The van der Waals surface area contributed by atoms with E-state index >= 15 is 0 Å². The Bertz CT molecular complexity index is 656. The lowest BCUT2D eigenvalue weighted by Crippen LogP contribution is -2.42. The average molecular weight is 331 g/mol. The summed E-state index contributed by atoms with van der Waals surface area (Å²) >= 11 is 0. The molecule has 0 bridgehead atoms. The highest BCUT2D eigenvalue weighted by Crippen LogP contribution is 2.34. The minimum Gasteiger partial charge on any atom is -0.490 e. The van der Waals surface area contributed by atoms with Crippen molar-refractivity contribution in [3.63, 3.8) is 0 Å². The van der Waals surface area contributed by atoms with Gasteiger partial charge in [-0.2, -0.15) is 5.10 Å². The van der Waals surface area contributed by atoms with Crippen LogP contribution in [0, 0.1) is 0 Å². The number of aromatic nitrogens is 2. The van der Waals surface area contributed by atoms with Crippen LogP contribution in [0.25, 0.3) is 11.1 Å². The largest absolute Gasteiger partial charge is 0.490 e. The van der Waals surface area contributed by atoms with Gasteiger partial charge in [0.1, 0.15) is 18.5 Å². The summed E-state index contributed by atoms with van der Waals surface area (Å²) in [6.45, 7) is 6.82. The first-order chi connectivity index (χ1) is 11.4. The number of aliphatic hydroxyl groups excluding tert-OH is 1. The van der Waals surface area contributed by atoms with Crippen LogP contribution in [-0.2, 0) is 0 Å². The van der Waals surface area contributed by atoms with Gasteiger partial charge < -0.3 is 19.9 Å². The number of nitrogens with one attached hydrogen (secondary N) is 1. The summed E-state index contributed by atoms with van der Waals surface area (Å²) in [6.07, 6.45) is 1.01. The van der Waals surface area contributed by atoms with Crippen LogP contribution in [0.1, 0.15) is 20.8 Å². The second-order valence-corrected chi connectivity index (χ2v) is 6.55. The molecule has 0 amide bonds. The van der Waals surface area contributed by atoms with Gasteiger partial charge >= 0.3 is 0 Å². The Kier molecular flexibility index (Phi) is 6.11. The lowest BCUT2D eigenvalue weighted by molar-refractivity contribution is 0.100. The van der Waals surface area contributed by atoms with Crippen molar-refractivity contribution < 1.29 is 14.6 Å². The first kappa shape index (κ1) is 18.2. The molecular formula is C18H25N3O3. The summed E-state index contributed by atoms with van der Waals surface area (Å²) in [4.78, 5) is 0. The third-order valence-electron chi connectivity index (χ3n) is 3.36. The lowest BCUT2D eigenvalue weighted by atomic mass is 10.1. The first-order valence-electron chi connectivity index (χ1n) is 7.91. The number of hydrogen-bond acceptors (Lipinski definition) is 6. The number of methoxy groups -OCH3 is 1. The molecule has 2 rings (SSSR count). The maximum absolute atomic E-state index is 10.1. The molecule has 0 aliphatic rings. The van der Waals surface area contributed by atoms with Crippen molar-refractivity contribution in [3.8, 4) is 22.8 Å². The van der Waals surface area contributed by atoms with Gasteiger partial charge in [0, 0.05) is 17.6 Å². The Balaban J connectivity index is 2.09. The van der Waals surface area contributed by atoms with Crippen LogP contribution in [0.2, 0.25) is 0 Å². The minimum atomic E-state index is -0.602. The number of rotatable bonds is 7. The molecule has 1 heterocycles. The standard InChI is InChI=1S/C18H25N3O3/c1-18(2,3)19-11-13(22)12-24-16-8-6-5-7-14(16)15-9-10-20-21-17(15)23-4/h5-10,13,19,22H,11-12H2,1-4H3. The van der Waals surface area contributed by atoms with E-state index in [-0.39, 0.29) is 12.1 Å². The van der Waals surface area contributed by atoms with Gasteiger partial charge in [0.25, 0.3) is 0 Å². The summed E-state index contributed by atoms with van der Waals surface area (Å²) in [6, 6.07) is 9.42. The van der Waals surface area contributed by atoms with E-state index in [1.54, 1.807) is 13.3 Å². The van der Waals surface area contributed by atoms with Crippen LogP contribution in [-0.4, -0.2) is 47.2 Å². The Morgan fingerprint density at radius 3 is 2.62 bits per heavy atom. The second kappa shape index (κ2) is 8.08. The van der Waals surface area contributed by atoms with Crippen LogP contribution in [0.15, 0.2) is 36.5 Å². The van der Waals surface area contributed by atoms with Gasteiger partial charge in [-0.15, -0.1) is 5.10 Å². The van der Waals surface area contributed by atoms with Crippen molar-refractivity contribution in [1.29, 1.82) is 0 Å². The summed E-state index contributed by atoms with van der Waals surface area (Å²) in [7, 11) is 1.55. The highest BCUT2D eigenvalue weighted by Gasteiger charge is 2.15. The molecule has 0 spiro atoms. The van der Waals surface area contributed by atoms with Gasteiger partial charge in [0.05, 0.1) is 18.9 Å². The van der Waals surface area contributed by atoms with Gasteiger partial charge in [-0.05, 0) is 32.9 Å². The van der Waals surface area contributed by atoms with Gasteiger partial charge in [-0.25, -0.2) is 0 Å². The van der Waals surface area contributed by atoms with E-state index < -0.39 is 6.10 Å². The molecular weight excluding hydrogens is 306 g/mol. The van der Waals surface area contributed by atoms with Crippen molar-refractivity contribution in [3.05, 3.63) is 36.5 Å². The first-order valence-corrected chi connectivity index (χ1v) is 7.91. The Labute approximate surface area is 142 Å². The molecule has 1 atom stereocenters. The highest BCUT2D eigenvalue weighted by atomic mass is 16.5. The fourth-order valence-corrected chi connectivity index (χ4v) is 2.16. The summed E-state index contributed by atoms with van der Waals surface area (Å²) in [5.74, 6) is 1.10. The zero-order valence-corrected chi connectivity index (χ0v) is 14.6. The molecule has 0 radical (unpaired) electrons. The van der Waals surface area contributed by atoms with E-state index in [1.807, 2.05) is 30.3 Å². The van der Waals surface area contributed by atoms with Crippen LogP contribution < -0.4 is 14.8 Å². The molecule has 0 aliphatic heterocycles. The predicted octanol–water partition coefficient (Wildman–Crippen LogP) is 2.28. The quantitative estimate of drug-likeness (QED) is 0.810. The number of ether oxygens (including phenoxy) is 2. The fraction of sp³-hybridized carbons (Fsp3) is 0.444. The summed E-state index contributed by atoms with van der Waals surface area (Å²) in [5.41, 5.74) is 1.60. The topological polar surface area (TPSA) is 76.5 Å². The van der Waals surface area contributed by atoms with Gasteiger partial charge in [0.15, 0.2) is 0 Å². The van der Waals surface area contributed by atoms with Gasteiger partial charge in [-0.3, -0.25) is 0 Å². The summed E-state index contributed by atoms with van der Waals surface area (Å²) in [5, 5.41) is 21.2. The van der Waals surface area contributed by atoms with E-state index in [9.17, 15) is 5.11 Å². The molecule has 0 fully saturated rings. The molecule has 2 aromatic rings. The number of hydrogen-bond donors (Lipinski definition) is 2. The number of para-hydroxylation sites is 1. The van der Waals surface area contributed by atoms with E-state index in [0.717, 1.165) is 11.1 Å². The molecule has 1 aromatic heterocycles. The number of benzene rings is 1. The van der Waals surface area contributed by atoms with Crippen LogP contribution >= 0.6 is 0 Å². The third-order valence-corrected chi connectivity index (χ3v) is 3.36. The van der Waals surface area contributed by atoms with Crippen LogP contribution in [0.5, 0.6) is 11.6 Å². The monoisotopic (exact) mass is 331 g/mol. The van der Waals surface area contributed by atoms with Crippen LogP contribution in [0.3, 0.4) is 0 Å². The SMILES string of the molecule is COc1nnccc1-c1ccccc1OCC(O)CNC(C)(C)C. The lowest BCUT2D eigenvalue weighted by Gasteiger charge is -2.23. The van der Waals surface area contributed by atoms with E-state index in [0.29, 0.717) is 18.2 Å². The molecule has 0 saturated carbocycles. The third kappa shape index (κ3) is 5.18. The average Bonchev–Trinajstić information content (AvgIpc) is 2.57. The fourth-order valence-electron chi connectivity index (χ4n) is 2.16. The van der Waals surface area contributed by atoms with Crippen molar-refractivity contribution in [2.75, 3.05) is 20.3 Å². The number of β-amino-alcohol motifs (C(OH)–C–C–N with tert-alkyl or cyclic N) is 1. The molecule has 24 heavy (non-hydrogen) atoms. The second-order valence-electron chi connectivity index (χ2n) is 6.55. The minimum absolute atomic E-state index is 0.0467. The van der Waals surface area contributed by atoms with E-state index in [1.165, 1.54) is 0 Å². The number of nitrogens with zero attached hydrogens (tertiary/aromatic N) is 2. The number of aliphatic hydroxyl groups is 1. The Hall–Kier alpha value is -2.18. The summed E-state index contributed by atoms with van der Waals surface area (Å²) < 4.78 is 11.1. The van der Waals surface area contributed by atoms with Crippen LogP contribution in [0.4, 0.5) is 0 Å². The van der Waals surface area contributed by atoms with Gasteiger partial charge in [0.2, 0.25) is 5.88 Å². The molecule has 1 aromatic carbocycles. The zero-order chi connectivity index (χ0) is 17.6. The molecule has 2 N–H and O–H groups in total. The maximum atomic E-state index is 10.1. The molecule has 1 unspecified atom stereocenters. The van der Waals surface area contributed by atoms with E-state index in [2.05, 4.69) is 36.3 Å².